The highest BCUT2D eigenvalue weighted by Crippen LogP contribution is 2.23. The Morgan fingerprint density at radius 2 is 2.11 bits per heavy atom. The first kappa shape index (κ1) is 15.2. The van der Waals surface area contributed by atoms with Gasteiger partial charge in [-0.05, 0) is 48.1 Å². The molecule has 6 heteroatoms. The van der Waals surface area contributed by atoms with Gasteiger partial charge in [0.1, 0.15) is 5.60 Å². The molecular formula is C12H16BrNO3S. The van der Waals surface area contributed by atoms with E-state index >= 15 is 0 Å². The summed E-state index contributed by atoms with van der Waals surface area (Å²) < 4.78 is 5.97. The van der Waals surface area contributed by atoms with Gasteiger partial charge in [-0.25, -0.2) is 4.79 Å². The molecule has 1 rings (SSSR count). The second kappa shape index (κ2) is 6.33. The van der Waals surface area contributed by atoms with Crippen LogP contribution in [0, 0.1) is 0 Å². The smallest absolute Gasteiger partial charge is 0.408 e. The number of halogens is 1. The third kappa shape index (κ3) is 5.64. The summed E-state index contributed by atoms with van der Waals surface area (Å²) in [6, 6.07) is 1.90. The average Bonchev–Trinajstić information content (AvgIpc) is 2.59. The molecule has 1 aromatic heterocycles. The number of amides is 1. The summed E-state index contributed by atoms with van der Waals surface area (Å²) >= 11 is 4.87. The van der Waals surface area contributed by atoms with Crippen LogP contribution in [0.15, 0.2) is 15.9 Å². The highest BCUT2D eigenvalue weighted by molar-refractivity contribution is 9.10. The number of rotatable bonds is 4. The van der Waals surface area contributed by atoms with E-state index in [1.807, 2.05) is 11.4 Å². The zero-order valence-electron chi connectivity index (χ0n) is 10.6. The second-order valence-corrected chi connectivity index (χ2v) is 6.62. The first-order valence-electron chi connectivity index (χ1n) is 5.48. The molecule has 18 heavy (non-hydrogen) atoms. The van der Waals surface area contributed by atoms with Gasteiger partial charge in [-0.15, -0.1) is 11.3 Å². The lowest BCUT2D eigenvalue weighted by Crippen LogP contribution is -2.35. The number of carbonyl (C=O) groups is 2. The van der Waals surface area contributed by atoms with E-state index in [-0.39, 0.29) is 12.3 Å². The van der Waals surface area contributed by atoms with Gasteiger partial charge in [0.15, 0.2) is 5.78 Å². The molecule has 1 aromatic rings. The van der Waals surface area contributed by atoms with Crippen LogP contribution < -0.4 is 5.32 Å². The minimum atomic E-state index is -0.568. The summed E-state index contributed by atoms with van der Waals surface area (Å²) in [7, 11) is 0. The molecule has 0 aliphatic heterocycles. The highest BCUT2D eigenvalue weighted by atomic mass is 79.9. The van der Waals surface area contributed by atoms with Crippen molar-refractivity contribution < 1.29 is 14.3 Å². The van der Waals surface area contributed by atoms with Crippen molar-refractivity contribution in [3.05, 3.63) is 20.8 Å². The standard InChI is InChI=1S/C12H16BrNO3S/c1-12(2,3)17-11(16)14-7-8(15)6-10-9(13)4-5-18-10/h4-5H,6-7H2,1-3H3,(H,14,16). The van der Waals surface area contributed by atoms with Crippen LogP contribution in [0.1, 0.15) is 25.6 Å². The fraction of sp³-hybridized carbons (Fsp3) is 0.500. The van der Waals surface area contributed by atoms with E-state index in [9.17, 15) is 9.59 Å². The van der Waals surface area contributed by atoms with E-state index in [1.165, 1.54) is 11.3 Å². The van der Waals surface area contributed by atoms with Crippen molar-refractivity contribution in [2.45, 2.75) is 32.8 Å². The number of nitrogens with one attached hydrogen (secondary N) is 1. The van der Waals surface area contributed by atoms with Gasteiger partial charge in [-0.1, -0.05) is 0 Å². The third-order valence-corrected chi connectivity index (χ3v) is 3.80. The van der Waals surface area contributed by atoms with Crippen molar-refractivity contribution in [2.75, 3.05) is 6.54 Å². The molecule has 0 aliphatic rings. The van der Waals surface area contributed by atoms with E-state index < -0.39 is 11.7 Å². The lowest BCUT2D eigenvalue weighted by Gasteiger charge is -2.19. The maximum absolute atomic E-state index is 11.6. The summed E-state index contributed by atoms with van der Waals surface area (Å²) in [5, 5.41) is 4.36. The third-order valence-electron chi connectivity index (χ3n) is 1.88. The van der Waals surface area contributed by atoms with Crippen LogP contribution in [-0.4, -0.2) is 24.0 Å². The van der Waals surface area contributed by atoms with Crippen LogP contribution in [0.2, 0.25) is 0 Å². The van der Waals surface area contributed by atoms with Crippen LogP contribution in [0.4, 0.5) is 4.79 Å². The Morgan fingerprint density at radius 1 is 1.44 bits per heavy atom. The molecule has 0 saturated heterocycles. The van der Waals surface area contributed by atoms with Crippen molar-refractivity contribution in [3.8, 4) is 0 Å². The fourth-order valence-corrected chi connectivity index (χ4v) is 2.70. The fourth-order valence-electron chi connectivity index (χ4n) is 1.18. The highest BCUT2D eigenvalue weighted by Gasteiger charge is 2.17. The van der Waals surface area contributed by atoms with Crippen LogP contribution in [0.5, 0.6) is 0 Å². The van der Waals surface area contributed by atoms with Crippen molar-refractivity contribution in [1.82, 2.24) is 5.32 Å². The Morgan fingerprint density at radius 3 is 2.61 bits per heavy atom. The molecule has 0 atom stereocenters. The van der Waals surface area contributed by atoms with Crippen molar-refractivity contribution in [1.29, 1.82) is 0 Å². The van der Waals surface area contributed by atoms with Crippen molar-refractivity contribution >= 4 is 39.1 Å². The molecular weight excluding hydrogens is 318 g/mol. The molecule has 0 fully saturated rings. The summed E-state index contributed by atoms with van der Waals surface area (Å²) in [5.74, 6) is -0.0518. The number of thiophene rings is 1. The van der Waals surface area contributed by atoms with Gasteiger partial charge in [0, 0.05) is 15.8 Å². The first-order chi connectivity index (χ1) is 8.28. The van der Waals surface area contributed by atoms with Gasteiger partial charge in [-0.3, -0.25) is 4.79 Å². The average molecular weight is 334 g/mol. The number of carbonyl (C=O) groups excluding carboxylic acids is 2. The minimum Gasteiger partial charge on any atom is -0.444 e. The molecule has 4 nitrogen and oxygen atoms in total. The largest absolute Gasteiger partial charge is 0.444 e. The summed E-state index contributed by atoms with van der Waals surface area (Å²) in [4.78, 5) is 24.0. The van der Waals surface area contributed by atoms with E-state index in [1.54, 1.807) is 20.8 Å². The van der Waals surface area contributed by atoms with Crippen LogP contribution in [0.25, 0.3) is 0 Å². The maximum Gasteiger partial charge on any atom is 0.408 e. The molecule has 0 spiro atoms. The van der Waals surface area contributed by atoms with Gasteiger partial charge in [0.25, 0.3) is 0 Å². The van der Waals surface area contributed by atoms with Crippen LogP contribution in [0.3, 0.4) is 0 Å². The Kier molecular flexibility index (Phi) is 5.34. The predicted octanol–water partition coefficient (Wildman–Crippen LogP) is 3.15. The van der Waals surface area contributed by atoms with Crippen molar-refractivity contribution in [3.63, 3.8) is 0 Å². The normalized spacial score (nSPS) is 11.1. The number of hydrogen-bond donors (Lipinski definition) is 1. The number of hydrogen-bond acceptors (Lipinski definition) is 4. The van der Waals surface area contributed by atoms with Gasteiger partial charge in [-0.2, -0.15) is 0 Å². The Bertz CT molecular complexity index is 437. The van der Waals surface area contributed by atoms with Gasteiger partial charge in [0.05, 0.1) is 6.54 Å². The summed E-state index contributed by atoms with van der Waals surface area (Å²) in [6.07, 6.45) is -0.255. The summed E-state index contributed by atoms with van der Waals surface area (Å²) in [5.41, 5.74) is -0.552. The number of Topliss-reactive ketones (excluding diaryl/α,β-unsaturated/α-hetero) is 1. The summed E-state index contributed by atoms with van der Waals surface area (Å²) in [6.45, 7) is 5.31. The molecule has 0 bridgehead atoms. The van der Waals surface area contributed by atoms with E-state index in [0.717, 1.165) is 9.35 Å². The zero-order valence-corrected chi connectivity index (χ0v) is 13.0. The Balaban J connectivity index is 2.34. The van der Waals surface area contributed by atoms with Gasteiger partial charge in [0.2, 0.25) is 0 Å². The molecule has 1 heterocycles. The molecule has 100 valence electrons. The molecule has 1 N–H and O–H groups in total. The molecule has 0 unspecified atom stereocenters. The maximum atomic E-state index is 11.6. The number of ketones is 1. The SMILES string of the molecule is CC(C)(C)OC(=O)NCC(=O)Cc1sccc1Br. The topological polar surface area (TPSA) is 55.4 Å². The van der Waals surface area contributed by atoms with E-state index in [2.05, 4.69) is 21.2 Å². The van der Waals surface area contributed by atoms with E-state index in [4.69, 9.17) is 4.74 Å². The van der Waals surface area contributed by atoms with Gasteiger partial charge >= 0.3 is 6.09 Å². The van der Waals surface area contributed by atoms with Crippen LogP contribution >= 0.6 is 27.3 Å². The number of alkyl carbamates (subject to hydrolysis) is 1. The minimum absolute atomic E-state index is 0.0146. The Labute approximate surface area is 119 Å². The lowest BCUT2D eigenvalue weighted by atomic mass is 10.2. The van der Waals surface area contributed by atoms with Crippen molar-refractivity contribution in [2.24, 2.45) is 0 Å². The lowest BCUT2D eigenvalue weighted by molar-refractivity contribution is -0.117. The number of ether oxygens (including phenoxy) is 1. The molecule has 1 amide bonds. The molecule has 0 saturated carbocycles. The molecule has 0 radical (unpaired) electrons. The first-order valence-corrected chi connectivity index (χ1v) is 7.15. The molecule has 0 aliphatic carbocycles. The van der Waals surface area contributed by atoms with Gasteiger partial charge < -0.3 is 10.1 Å². The monoisotopic (exact) mass is 333 g/mol. The quantitative estimate of drug-likeness (QED) is 0.920. The van der Waals surface area contributed by atoms with E-state index in [0.29, 0.717) is 6.42 Å². The second-order valence-electron chi connectivity index (χ2n) is 4.76. The zero-order chi connectivity index (χ0) is 13.8. The predicted molar refractivity (Wildman–Crippen MR) is 75.0 cm³/mol. The van der Waals surface area contributed by atoms with Crippen LogP contribution in [-0.2, 0) is 16.0 Å². The Hall–Kier alpha value is -0.880. The molecule has 0 aromatic carbocycles.